The molecule has 1 N–H and O–H groups in total. The molecule has 1 aromatic heterocycles. The number of likely N-dealkylation sites (tertiary alicyclic amines) is 1. The van der Waals surface area contributed by atoms with E-state index in [1.54, 1.807) is 0 Å². The summed E-state index contributed by atoms with van der Waals surface area (Å²) in [6, 6.07) is 0. The molecule has 1 aromatic rings. The van der Waals surface area contributed by atoms with Crippen LogP contribution in [0.1, 0.15) is 31.2 Å². The smallest absolute Gasteiger partial charge is 0.193 e. The van der Waals surface area contributed by atoms with E-state index in [1.165, 1.54) is 11.8 Å². The highest BCUT2D eigenvalue weighted by molar-refractivity contribution is 7.90. The molecule has 1 aliphatic rings. The van der Waals surface area contributed by atoms with E-state index in [0.29, 0.717) is 18.9 Å². The molecule has 2 rings (SSSR count). The van der Waals surface area contributed by atoms with Gasteiger partial charge in [-0.25, -0.2) is 8.42 Å². The van der Waals surface area contributed by atoms with Crippen LogP contribution in [0.3, 0.4) is 0 Å². The van der Waals surface area contributed by atoms with Crippen molar-refractivity contribution in [3.63, 3.8) is 0 Å². The molecule has 0 amide bonds. The Labute approximate surface area is 138 Å². The van der Waals surface area contributed by atoms with Crippen molar-refractivity contribution in [3.05, 3.63) is 18.0 Å². The van der Waals surface area contributed by atoms with Crippen molar-refractivity contribution in [2.45, 2.75) is 25.7 Å². The molecule has 7 nitrogen and oxygen atoms in total. The van der Waals surface area contributed by atoms with Gasteiger partial charge in [-0.15, -0.1) is 0 Å². The molecule has 0 saturated carbocycles. The predicted octanol–water partition coefficient (Wildman–Crippen LogP) is 0.610. The van der Waals surface area contributed by atoms with Gasteiger partial charge < -0.3 is 10.2 Å². The second kappa shape index (κ2) is 7.81. The van der Waals surface area contributed by atoms with E-state index < -0.39 is 9.84 Å². The van der Waals surface area contributed by atoms with Crippen molar-refractivity contribution in [2.24, 2.45) is 12.0 Å². The lowest BCUT2D eigenvalue weighted by atomic mass is 10.0. The predicted molar refractivity (Wildman–Crippen MR) is 92.4 cm³/mol. The fourth-order valence-corrected chi connectivity index (χ4v) is 3.47. The van der Waals surface area contributed by atoms with Gasteiger partial charge in [0, 0.05) is 51.6 Å². The van der Waals surface area contributed by atoms with Crippen LogP contribution in [0, 0.1) is 0 Å². The number of guanidine groups is 1. The van der Waals surface area contributed by atoms with Crippen LogP contribution in [0.5, 0.6) is 0 Å². The van der Waals surface area contributed by atoms with Crippen molar-refractivity contribution in [2.75, 3.05) is 38.2 Å². The molecular weight excluding hydrogens is 314 g/mol. The average Bonchev–Trinajstić information content (AvgIpc) is 3.10. The highest BCUT2D eigenvalue weighted by Crippen LogP contribution is 2.26. The first-order valence-corrected chi connectivity index (χ1v) is 10.1. The number of hydrogen-bond acceptors (Lipinski definition) is 4. The van der Waals surface area contributed by atoms with Crippen LogP contribution in [0.4, 0.5) is 0 Å². The summed E-state index contributed by atoms with van der Waals surface area (Å²) in [4.78, 5) is 6.83. The zero-order valence-electron chi connectivity index (χ0n) is 14.2. The monoisotopic (exact) mass is 341 g/mol. The summed E-state index contributed by atoms with van der Waals surface area (Å²) in [5.41, 5.74) is 1.27. The van der Waals surface area contributed by atoms with E-state index in [2.05, 4.69) is 26.5 Å². The van der Waals surface area contributed by atoms with E-state index in [4.69, 9.17) is 0 Å². The Balaban J connectivity index is 1.93. The van der Waals surface area contributed by atoms with Crippen molar-refractivity contribution >= 4 is 15.8 Å². The molecule has 1 aliphatic heterocycles. The van der Waals surface area contributed by atoms with E-state index in [1.807, 2.05) is 24.9 Å². The topological polar surface area (TPSA) is 79.6 Å². The minimum absolute atomic E-state index is 0.189. The van der Waals surface area contributed by atoms with Crippen LogP contribution < -0.4 is 5.32 Å². The van der Waals surface area contributed by atoms with Gasteiger partial charge in [0.05, 0.1) is 11.9 Å². The van der Waals surface area contributed by atoms with Gasteiger partial charge in [0.25, 0.3) is 0 Å². The Hall–Kier alpha value is -1.57. The van der Waals surface area contributed by atoms with Crippen LogP contribution in [0.15, 0.2) is 17.4 Å². The molecular formula is C15H27N5O2S. The van der Waals surface area contributed by atoms with Gasteiger partial charge in [-0.3, -0.25) is 9.67 Å². The zero-order chi connectivity index (χ0) is 16.9. The van der Waals surface area contributed by atoms with Gasteiger partial charge in [0.1, 0.15) is 9.84 Å². The SMILES string of the molecule is CCNC(=NCCCS(C)(=O)=O)N1CCC(c2cnn(C)c2)C1. The number of nitrogens with zero attached hydrogens (tertiary/aromatic N) is 4. The van der Waals surface area contributed by atoms with Gasteiger partial charge >= 0.3 is 0 Å². The van der Waals surface area contributed by atoms with Gasteiger partial charge in [-0.05, 0) is 25.3 Å². The standard InChI is InChI=1S/C15H27N5O2S/c1-4-16-15(17-7-5-9-23(3,21)22)20-8-6-13(12-20)14-10-18-19(2)11-14/h10-11,13H,4-9,12H2,1-3H3,(H,16,17). The molecule has 0 aliphatic carbocycles. The zero-order valence-corrected chi connectivity index (χ0v) is 15.0. The van der Waals surface area contributed by atoms with E-state index in [0.717, 1.165) is 32.0 Å². The maximum absolute atomic E-state index is 11.2. The van der Waals surface area contributed by atoms with Crippen molar-refractivity contribution in [1.82, 2.24) is 20.0 Å². The summed E-state index contributed by atoms with van der Waals surface area (Å²) >= 11 is 0. The van der Waals surface area contributed by atoms with Crippen molar-refractivity contribution < 1.29 is 8.42 Å². The first-order chi connectivity index (χ1) is 10.9. The molecule has 0 spiro atoms. The second-order valence-corrected chi connectivity index (χ2v) is 8.36. The summed E-state index contributed by atoms with van der Waals surface area (Å²) in [7, 11) is -0.974. The highest BCUT2D eigenvalue weighted by atomic mass is 32.2. The first kappa shape index (κ1) is 17.8. The Kier molecular flexibility index (Phi) is 6.04. The van der Waals surface area contributed by atoms with Crippen LogP contribution in [-0.2, 0) is 16.9 Å². The van der Waals surface area contributed by atoms with Crippen molar-refractivity contribution in [3.8, 4) is 0 Å². The Bertz CT molecular complexity index is 638. The Morgan fingerprint density at radius 3 is 2.91 bits per heavy atom. The summed E-state index contributed by atoms with van der Waals surface area (Å²) < 4.78 is 24.2. The lowest BCUT2D eigenvalue weighted by Gasteiger charge is -2.21. The molecule has 1 saturated heterocycles. The number of rotatable bonds is 6. The third-order valence-electron chi connectivity index (χ3n) is 3.95. The Morgan fingerprint density at radius 1 is 1.52 bits per heavy atom. The van der Waals surface area contributed by atoms with Crippen molar-refractivity contribution in [1.29, 1.82) is 0 Å². The summed E-state index contributed by atoms with van der Waals surface area (Å²) in [5.74, 6) is 1.55. The van der Waals surface area contributed by atoms with Crippen LogP contribution >= 0.6 is 0 Å². The fraction of sp³-hybridized carbons (Fsp3) is 0.733. The first-order valence-electron chi connectivity index (χ1n) is 8.08. The molecule has 130 valence electrons. The third-order valence-corrected chi connectivity index (χ3v) is 4.98. The van der Waals surface area contributed by atoms with Gasteiger partial charge in [-0.2, -0.15) is 5.10 Å². The lowest BCUT2D eigenvalue weighted by Crippen LogP contribution is -2.40. The lowest BCUT2D eigenvalue weighted by molar-refractivity contribution is 0.486. The minimum Gasteiger partial charge on any atom is -0.357 e. The Morgan fingerprint density at radius 2 is 2.30 bits per heavy atom. The molecule has 0 bridgehead atoms. The maximum atomic E-state index is 11.2. The number of aromatic nitrogens is 2. The number of aryl methyl sites for hydroxylation is 1. The molecule has 1 unspecified atom stereocenters. The minimum atomic E-state index is -2.91. The van der Waals surface area contributed by atoms with E-state index in [9.17, 15) is 8.42 Å². The quantitative estimate of drug-likeness (QED) is 0.466. The van der Waals surface area contributed by atoms with Crippen LogP contribution in [-0.4, -0.2) is 67.2 Å². The number of nitrogens with one attached hydrogen (secondary N) is 1. The second-order valence-electron chi connectivity index (χ2n) is 6.10. The molecule has 2 heterocycles. The third kappa shape index (κ3) is 5.53. The highest BCUT2D eigenvalue weighted by Gasteiger charge is 2.26. The molecule has 23 heavy (non-hydrogen) atoms. The van der Waals surface area contributed by atoms with E-state index >= 15 is 0 Å². The molecule has 8 heteroatoms. The molecule has 0 aromatic carbocycles. The van der Waals surface area contributed by atoms with E-state index in [-0.39, 0.29) is 5.75 Å². The molecule has 1 atom stereocenters. The van der Waals surface area contributed by atoms with Gasteiger partial charge in [0.2, 0.25) is 0 Å². The number of hydrogen-bond donors (Lipinski definition) is 1. The molecule has 1 fully saturated rings. The average molecular weight is 341 g/mol. The molecule has 0 radical (unpaired) electrons. The van der Waals surface area contributed by atoms with Crippen LogP contribution in [0.25, 0.3) is 0 Å². The normalized spacial score (nSPS) is 19.3. The van der Waals surface area contributed by atoms with Gasteiger partial charge in [0.15, 0.2) is 5.96 Å². The van der Waals surface area contributed by atoms with Crippen LogP contribution in [0.2, 0.25) is 0 Å². The fourth-order valence-electron chi connectivity index (χ4n) is 2.81. The van der Waals surface area contributed by atoms with Gasteiger partial charge in [-0.1, -0.05) is 0 Å². The number of aliphatic imine (C=N–C) groups is 1. The number of sulfone groups is 1. The maximum Gasteiger partial charge on any atom is 0.193 e. The largest absolute Gasteiger partial charge is 0.357 e. The summed E-state index contributed by atoms with van der Waals surface area (Å²) in [6.45, 7) is 5.25. The summed E-state index contributed by atoms with van der Waals surface area (Å²) in [5, 5.41) is 7.55. The summed E-state index contributed by atoms with van der Waals surface area (Å²) in [6.07, 6.45) is 6.92.